The topological polar surface area (TPSA) is 59.0 Å². The summed E-state index contributed by atoms with van der Waals surface area (Å²) in [6.45, 7) is 0.828. The van der Waals surface area contributed by atoms with Gasteiger partial charge in [0.15, 0.2) is 0 Å². The van der Waals surface area contributed by atoms with E-state index in [-0.39, 0.29) is 23.8 Å². The number of anilines is 1. The zero-order chi connectivity index (χ0) is 19.4. The van der Waals surface area contributed by atoms with Gasteiger partial charge in [-0.2, -0.15) is 5.10 Å². The second-order valence-electron chi connectivity index (χ2n) is 7.15. The molecule has 0 saturated heterocycles. The molecule has 7 heteroatoms. The molecule has 1 aromatic carbocycles. The second kappa shape index (κ2) is 8.24. The molecule has 4 rings (SSSR count). The molecule has 28 heavy (non-hydrogen) atoms. The first-order chi connectivity index (χ1) is 13.6. The molecule has 0 unspecified atom stereocenters. The van der Waals surface area contributed by atoms with Crippen molar-refractivity contribution in [1.29, 1.82) is 0 Å². The highest BCUT2D eigenvalue weighted by atomic mass is 32.1. The van der Waals surface area contributed by atoms with Crippen LogP contribution in [0.3, 0.4) is 0 Å². The van der Waals surface area contributed by atoms with Crippen molar-refractivity contribution >= 4 is 23.1 Å². The van der Waals surface area contributed by atoms with Crippen LogP contribution in [-0.2, 0) is 16.9 Å². The van der Waals surface area contributed by atoms with Crippen LogP contribution in [0.25, 0.3) is 0 Å². The molecule has 2 aromatic heterocycles. The predicted octanol–water partition coefficient (Wildman–Crippen LogP) is 4.13. The summed E-state index contributed by atoms with van der Waals surface area (Å²) in [5.74, 6) is 0.331. The molecule has 0 aliphatic heterocycles. The predicted molar refractivity (Wildman–Crippen MR) is 109 cm³/mol. The highest BCUT2D eigenvalue weighted by Crippen LogP contribution is 2.38. The molecule has 3 aromatic rings. The Morgan fingerprint density at radius 2 is 1.96 bits per heavy atom. The van der Waals surface area contributed by atoms with Crippen LogP contribution in [0.5, 0.6) is 0 Å². The Kier molecular flexibility index (Phi) is 5.54. The number of carbonyl (C=O) groups is 1. The number of nitrogens with zero attached hydrogens (tertiary/aromatic N) is 2. The van der Waals surface area contributed by atoms with Crippen LogP contribution in [0.1, 0.15) is 36.1 Å². The van der Waals surface area contributed by atoms with Gasteiger partial charge in [0, 0.05) is 16.5 Å². The van der Waals surface area contributed by atoms with E-state index in [1.807, 2.05) is 29.6 Å². The van der Waals surface area contributed by atoms with Gasteiger partial charge in [0.1, 0.15) is 11.6 Å². The molecule has 1 amide bonds. The first kappa shape index (κ1) is 18.8. The number of nitrogens with one attached hydrogen (secondary N) is 2. The zero-order valence-electron chi connectivity index (χ0n) is 15.5. The van der Waals surface area contributed by atoms with E-state index in [0.717, 1.165) is 31.2 Å². The highest BCUT2D eigenvalue weighted by molar-refractivity contribution is 7.09. The summed E-state index contributed by atoms with van der Waals surface area (Å²) in [7, 11) is 0. The molecule has 0 atom stereocenters. The Morgan fingerprint density at radius 1 is 1.18 bits per heavy atom. The summed E-state index contributed by atoms with van der Waals surface area (Å²) in [6.07, 6.45) is 5.78. The number of thiophene rings is 1. The molecule has 5 nitrogen and oxygen atoms in total. The minimum atomic E-state index is -0.262. The third kappa shape index (κ3) is 4.15. The van der Waals surface area contributed by atoms with Crippen molar-refractivity contribution in [3.05, 3.63) is 70.3 Å². The van der Waals surface area contributed by atoms with Crippen LogP contribution in [-0.4, -0.2) is 22.2 Å². The van der Waals surface area contributed by atoms with Gasteiger partial charge < -0.3 is 5.32 Å². The molecule has 0 radical (unpaired) electrons. The van der Waals surface area contributed by atoms with E-state index < -0.39 is 0 Å². The van der Waals surface area contributed by atoms with E-state index in [1.54, 1.807) is 28.3 Å². The Morgan fingerprint density at radius 3 is 2.68 bits per heavy atom. The van der Waals surface area contributed by atoms with Crippen molar-refractivity contribution < 1.29 is 9.18 Å². The van der Waals surface area contributed by atoms with E-state index >= 15 is 0 Å². The van der Waals surface area contributed by atoms with Crippen LogP contribution >= 0.6 is 11.3 Å². The van der Waals surface area contributed by atoms with Crippen LogP contribution in [0.4, 0.5) is 10.2 Å². The summed E-state index contributed by atoms with van der Waals surface area (Å²) in [6, 6.07) is 12.5. The van der Waals surface area contributed by atoms with Gasteiger partial charge in [-0.15, -0.1) is 11.3 Å². The average Bonchev–Trinajstić information content (AvgIpc) is 3.45. The lowest BCUT2D eigenvalue weighted by molar-refractivity contribution is -0.115. The number of rotatable bonds is 7. The SMILES string of the molecule is O=C(CNC1(c2ccc(F)cc2)CCCC1)Nc1ccnn1Cc1cccs1. The van der Waals surface area contributed by atoms with Crippen molar-refractivity contribution in [2.45, 2.75) is 37.8 Å². The number of benzene rings is 1. The minimum Gasteiger partial charge on any atom is -0.310 e. The zero-order valence-corrected chi connectivity index (χ0v) is 16.3. The largest absolute Gasteiger partial charge is 0.310 e. The summed E-state index contributed by atoms with van der Waals surface area (Å²) < 4.78 is 15.1. The maximum Gasteiger partial charge on any atom is 0.239 e. The quantitative estimate of drug-likeness (QED) is 0.629. The molecular formula is C21H23FN4OS. The normalized spacial score (nSPS) is 15.6. The molecule has 0 bridgehead atoms. The summed E-state index contributed by atoms with van der Waals surface area (Å²) in [5.41, 5.74) is 0.782. The van der Waals surface area contributed by atoms with Gasteiger partial charge in [0.2, 0.25) is 5.91 Å². The Labute approximate surface area is 167 Å². The lowest BCUT2D eigenvalue weighted by Crippen LogP contribution is -2.44. The number of carbonyl (C=O) groups excluding carboxylic acids is 1. The smallest absolute Gasteiger partial charge is 0.239 e. The first-order valence-corrected chi connectivity index (χ1v) is 10.4. The number of aromatic nitrogens is 2. The van der Waals surface area contributed by atoms with Crippen LogP contribution in [0, 0.1) is 5.82 Å². The fraction of sp³-hybridized carbons (Fsp3) is 0.333. The molecule has 1 aliphatic carbocycles. The van der Waals surface area contributed by atoms with Crippen molar-refractivity contribution in [2.75, 3.05) is 11.9 Å². The van der Waals surface area contributed by atoms with Crippen molar-refractivity contribution in [3.63, 3.8) is 0 Å². The van der Waals surface area contributed by atoms with E-state index in [0.29, 0.717) is 12.4 Å². The molecule has 146 valence electrons. The highest BCUT2D eigenvalue weighted by Gasteiger charge is 2.35. The van der Waals surface area contributed by atoms with Gasteiger partial charge in [-0.25, -0.2) is 9.07 Å². The Balaban J connectivity index is 1.40. The average molecular weight is 399 g/mol. The molecule has 1 fully saturated rings. The summed E-state index contributed by atoms with van der Waals surface area (Å²) in [5, 5.41) is 12.7. The van der Waals surface area contributed by atoms with Gasteiger partial charge in [0.05, 0.1) is 19.3 Å². The summed E-state index contributed by atoms with van der Waals surface area (Å²) >= 11 is 1.66. The molecule has 2 heterocycles. The fourth-order valence-electron chi connectivity index (χ4n) is 3.87. The summed E-state index contributed by atoms with van der Waals surface area (Å²) in [4.78, 5) is 13.8. The molecule has 1 saturated carbocycles. The van der Waals surface area contributed by atoms with Gasteiger partial charge in [-0.05, 0) is 42.0 Å². The number of hydrogen-bond acceptors (Lipinski definition) is 4. The Hall–Kier alpha value is -2.51. The van der Waals surface area contributed by atoms with E-state index in [4.69, 9.17) is 0 Å². The standard InChI is InChI=1S/C21H23FN4OS/c22-17-7-5-16(6-8-17)21(10-1-2-11-21)23-14-20(27)25-19-9-12-24-26(19)15-18-4-3-13-28-18/h3-9,12-13,23H,1-2,10-11,14-15H2,(H,25,27). The maximum absolute atomic E-state index is 13.3. The second-order valence-corrected chi connectivity index (χ2v) is 8.18. The first-order valence-electron chi connectivity index (χ1n) is 9.50. The molecule has 0 spiro atoms. The lowest BCUT2D eigenvalue weighted by atomic mass is 9.88. The van der Waals surface area contributed by atoms with E-state index in [1.165, 1.54) is 17.0 Å². The van der Waals surface area contributed by atoms with Gasteiger partial charge in [-0.1, -0.05) is 31.0 Å². The molecule has 1 aliphatic rings. The van der Waals surface area contributed by atoms with Gasteiger partial charge in [-0.3, -0.25) is 10.1 Å². The minimum absolute atomic E-state index is 0.110. The van der Waals surface area contributed by atoms with E-state index in [9.17, 15) is 9.18 Å². The molecular weight excluding hydrogens is 375 g/mol. The van der Waals surface area contributed by atoms with Crippen molar-refractivity contribution in [3.8, 4) is 0 Å². The number of amides is 1. The molecule has 2 N–H and O–H groups in total. The third-order valence-electron chi connectivity index (χ3n) is 5.31. The Bertz CT molecular complexity index is 914. The van der Waals surface area contributed by atoms with Crippen LogP contribution < -0.4 is 10.6 Å². The lowest BCUT2D eigenvalue weighted by Gasteiger charge is -2.31. The van der Waals surface area contributed by atoms with Crippen molar-refractivity contribution in [2.24, 2.45) is 0 Å². The van der Waals surface area contributed by atoms with Crippen molar-refractivity contribution in [1.82, 2.24) is 15.1 Å². The van der Waals surface area contributed by atoms with Crippen LogP contribution in [0.2, 0.25) is 0 Å². The van der Waals surface area contributed by atoms with E-state index in [2.05, 4.69) is 15.7 Å². The van der Waals surface area contributed by atoms with Gasteiger partial charge >= 0.3 is 0 Å². The fourth-order valence-corrected chi connectivity index (χ4v) is 4.55. The third-order valence-corrected chi connectivity index (χ3v) is 6.17. The monoisotopic (exact) mass is 398 g/mol. The van der Waals surface area contributed by atoms with Crippen LogP contribution in [0.15, 0.2) is 54.0 Å². The maximum atomic E-state index is 13.3. The van der Waals surface area contributed by atoms with Gasteiger partial charge in [0.25, 0.3) is 0 Å². The number of hydrogen-bond donors (Lipinski definition) is 2. The number of halogens is 1.